The topological polar surface area (TPSA) is 38.3 Å². The van der Waals surface area contributed by atoms with E-state index < -0.39 is 0 Å². The van der Waals surface area contributed by atoms with Crippen LogP contribution in [0.15, 0.2) is 30.3 Å². The van der Waals surface area contributed by atoms with E-state index in [1.165, 1.54) is 19.3 Å². The van der Waals surface area contributed by atoms with E-state index in [0.29, 0.717) is 5.92 Å². The lowest BCUT2D eigenvalue weighted by atomic mass is 9.99. The van der Waals surface area contributed by atoms with Crippen LogP contribution >= 0.6 is 0 Å². The zero-order valence-electron chi connectivity index (χ0n) is 15.5. The molecule has 1 amide bonds. The summed E-state index contributed by atoms with van der Waals surface area (Å²) in [5, 5.41) is 3.01. The summed E-state index contributed by atoms with van der Waals surface area (Å²) in [5.41, 5.74) is 1.01. The first-order valence-electron chi connectivity index (χ1n) is 9.38. The van der Waals surface area contributed by atoms with Gasteiger partial charge < -0.3 is 10.1 Å². The number of carbonyl (C=O) groups excluding carboxylic acids is 1. The van der Waals surface area contributed by atoms with Gasteiger partial charge in [-0.15, -0.1) is 0 Å². The molecule has 1 atom stereocenters. The zero-order valence-corrected chi connectivity index (χ0v) is 15.5. The summed E-state index contributed by atoms with van der Waals surface area (Å²) < 4.78 is 5.63. The summed E-state index contributed by atoms with van der Waals surface area (Å²) in [6.07, 6.45) is 10.4. The number of unbranched alkanes of at least 4 members (excludes halogenated alkanes) is 2. The molecule has 0 spiro atoms. The molecule has 1 aromatic rings. The fraction of sp³-hybridized carbons (Fsp3) is 0.571. The molecule has 0 bridgehead atoms. The zero-order chi connectivity index (χ0) is 17.6. The predicted molar refractivity (Wildman–Crippen MR) is 102 cm³/mol. The highest BCUT2D eigenvalue weighted by Crippen LogP contribution is 2.14. The first-order valence-corrected chi connectivity index (χ1v) is 9.38. The highest BCUT2D eigenvalue weighted by atomic mass is 16.5. The molecule has 0 saturated carbocycles. The van der Waals surface area contributed by atoms with E-state index in [-0.39, 0.29) is 5.91 Å². The fourth-order valence-electron chi connectivity index (χ4n) is 2.43. The normalized spacial score (nSPS) is 12.3. The van der Waals surface area contributed by atoms with Gasteiger partial charge in [0.25, 0.3) is 0 Å². The van der Waals surface area contributed by atoms with Crippen LogP contribution in [0.3, 0.4) is 0 Å². The molecular formula is C21H33NO2. The van der Waals surface area contributed by atoms with Crippen molar-refractivity contribution in [2.45, 2.75) is 59.3 Å². The van der Waals surface area contributed by atoms with Gasteiger partial charge in [-0.05, 0) is 42.5 Å². The van der Waals surface area contributed by atoms with Gasteiger partial charge in [-0.2, -0.15) is 0 Å². The lowest BCUT2D eigenvalue weighted by molar-refractivity contribution is -0.116. The minimum absolute atomic E-state index is 0.0202. The molecule has 3 nitrogen and oxygen atoms in total. The number of ether oxygens (including phenoxy) is 1. The van der Waals surface area contributed by atoms with Crippen molar-refractivity contribution in [3.8, 4) is 5.75 Å². The quantitative estimate of drug-likeness (QED) is 0.422. The lowest BCUT2D eigenvalue weighted by Gasteiger charge is -2.14. The summed E-state index contributed by atoms with van der Waals surface area (Å²) in [6, 6.07) is 7.85. The molecule has 3 heteroatoms. The Kier molecular flexibility index (Phi) is 10.7. The SMILES string of the molecule is CCCCOc1ccc(/C=C/C(=O)NCC(CC)CCCC)cc1. The molecule has 134 valence electrons. The van der Waals surface area contributed by atoms with Crippen LogP contribution in [0.4, 0.5) is 0 Å². The Balaban J connectivity index is 2.37. The fourth-order valence-corrected chi connectivity index (χ4v) is 2.43. The Bertz CT molecular complexity index is 479. The van der Waals surface area contributed by atoms with Gasteiger partial charge in [0.15, 0.2) is 0 Å². The number of carbonyl (C=O) groups is 1. The minimum Gasteiger partial charge on any atom is -0.494 e. The Morgan fingerprint density at radius 1 is 1.12 bits per heavy atom. The molecule has 1 rings (SSSR count). The Morgan fingerprint density at radius 3 is 2.46 bits per heavy atom. The molecular weight excluding hydrogens is 298 g/mol. The molecule has 0 aliphatic heterocycles. The second kappa shape index (κ2) is 12.6. The van der Waals surface area contributed by atoms with Gasteiger partial charge >= 0.3 is 0 Å². The summed E-state index contributed by atoms with van der Waals surface area (Å²) in [6.45, 7) is 8.06. The maximum absolute atomic E-state index is 11.9. The van der Waals surface area contributed by atoms with Gasteiger partial charge in [0.2, 0.25) is 5.91 Å². The third-order valence-electron chi connectivity index (χ3n) is 4.18. The van der Waals surface area contributed by atoms with Crippen molar-refractivity contribution in [1.82, 2.24) is 5.32 Å². The number of hydrogen-bond acceptors (Lipinski definition) is 2. The molecule has 1 unspecified atom stereocenters. The van der Waals surface area contributed by atoms with Crippen molar-refractivity contribution < 1.29 is 9.53 Å². The Labute approximate surface area is 147 Å². The van der Waals surface area contributed by atoms with Crippen LogP contribution in [-0.4, -0.2) is 19.1 Å². The van der Waals surface area contributed by atoms with E-state index >= 15 is 0 Å². The Hall–Kier alpha value is -1.77. The maximum atomic E-state index is 11.9. The van der Waals surface area contributed by atoms with Crippen molar-refractivity contribution in [2.24, 2.45) is 5.92 Å². The van der Waals surface area contributed by atoms with Gasteiger partial charge in [-0.25, -0.2) is 0 Å². The van der Waals surface area contributed by atoms with E-state index in [1.807, 2.05) is 30.3 Å². The minimum atomic E-state index is -0.0202. The standard InChI is InChI=1S/C21H33NO2/c1-4-7-9-18(6-3)17-22-21(23)15-12-19-10-13-20(14-11-19)24-16-8-5-2/h10-15,18H,4-9,16-17H2,1-3H3,(H,22,23)/b15-12+. The molecule has 0 aliphatic rings. The molecule has 24 heavy (non-hydrogen) atoms. The van der Waals surface area contributed by atoms with E-state index in [1.54, 1.807) is 6.08 Å². The number of rotatable bonds is 12. The Morgan fingerprint density at radius 2 is 1.83 bits per heavy atom. The molecule has 0 saturated heterocycles. The first kappa shape index (κ1) is 20.3. The second-order valence-electron chi connectivity index (χ2n) is 6.27. The molecule has 0 aromatic heterocycles. The van der Waals surface area contributed by atoms with Crippen LogP contribution < -0.4 is 10.1 Å². The van der Waals surface area contributed by atoms with E-state index in [2.05, 4.69) is 26.1 Å². The smallest absolute Gasteiger partial charge is 0.244 e. The van der Waals surface area contributed by atoms with E-state index in [0.717, 1.165) is 43.7 Å². The summed E-state index contributed by atoms with van der Waals surface area (Å²) in [7, 11) is 0. The molecule has 0 heterocycles. The summed E-state index contributed by atoms with van der Waals surface area (Å²) >= 11 is 0. The average molecular weight is 332 g/mol. The van der Waals surface area contributed by atoms with Gasteiger partial charge in [-0.1, -0.05) is 58.6 Å². The third kappa shape index (κ3) is 8.76. The highest BCUT2D eigenvalue weighted by molar-refractivity contribution is 5.91. The molecule has 1 aromatic carbocycles. The van der Waals surface area contributed by atoms with Crippen molar-refractivity contribution >= 4 is 12.0 Å². The van der Waals surface area contributed by atoms with Crippen LogP contribution in [-0.2, 0) is 4.79 Å². The summed E-state index contributed by atoms with van der Waals surface area (Å²) in [4.78, 5) is 11.9. The number of amides is 1. The average Bonchev–Trinajstić information content (AvgIpc) is 2.61. The molecule has 0 aliphatic carbocycles. The number of benzene rings is 1. The van der Waals surface area contributed by atoms with Gasteiger partial charge in [0, 0.05) is 12.6 Å². The van der Waals surface area contributed by atoms with Crippen molar-refractivity contribution in [1.29, 1.82) is 0 Å². The van der Waals surface area contributed by atoms with Crippen LogP contribution in [0.2, 0.25) is 0 Å². The maximum Gasteiger partial charge on any atom is 0.244 e. The van der Waals surface area contributed by atoms with Crippen LogP contribution in [0.25, 0.3) is 6.08 Å². The summed E-state index contributed by atoms with van der Waals surface area (Å²) in [5.74, 6) is 1.45. The van der Waals surface area contributed by atoms with Crippen LogP contribution in [0, 0.1) is 5.92 Å². The van der Waals surface area contributed by atoms with Gasteiger partial charge in [0.05, 0.1) is 6.61 Å². The van der Waals surface area contributed by atoms with Gasteiger partial charge in [-0.3, -0.25) is 4.79 Å². The van der Waals surface area contributed by atoms with Crippen LogP contribution in [0.1, 0.15) is 64.9 Å². The van der Waals surface area contributed by atoms with Crippen LogP contribution in [0.5, 0.6) is 5.75 Å². The van der Waals surface area contributed by atoms with E-state index in [9.17, 15) is 4.79 Å². The molecule has 0 fully saturated rings. The second-order valence-corrected chi connectivity index (χ2v) is 6.27. The van der Waals surface area contributed by atoms with E-state index in [4.69, 9.17) is 4.74 Å². The number of nitrogens with one attached hydrogen (secondary N) is 1. The first-order chi connectivity index (χ1) is 11.7. The lowest BCUT2D eigenvalue weighted by Crippen LogP contribution is -2.27. The molecule has 1 N–H and O–H groups in total. The van der Waals surface area contributed by atoms with Gasteiger partial charge in [0.1, 0.15) is 5.75 Å². The van der Waals surface area contributed by atoms with Crippen molar-refractivity contribution in [3.63, 3.8) is 0 Å². The monoisotopic (exact) mass is 331 g/mol. The molecule has 0 radical (unpaired) electrons. The largest absolute Gasteiger partial charge is 0.494 e. The third-order valence-corrected chi connectivity index (χ3v) is 4.18. The van der Waals surface area contributed by atoms with Crippen molar-refractivity contribution in [2.75, 3.05) is 13.2 Å². The highest BCUT2D eigenvalue weighted by Gasteiger charge is 2.06. The van der Waals surface area contributed by atoms with Crippen molar-refractivity contribution in [3.05, 3.63) is 35.9 Å². The predicted octanol–water partition coefficient (Wildman–Crippen LogP) is 5.21. The number of hydrogen-bond donors (Lipinski definition) is 1.